The third kappa shape index (κ3) is 4.60. The molecule has 1 aliphatic rings. The minimum absolute atomic E-state index is 0.0203. The van der Waals surface area contributed by atoms with E-state index in [1.54, 1.807) is 48.7 Å². The maximum absolute atomic E-state index is 13.4. The highest BCUT2D eigenvalue weighted by Crippen LogP contribution is 2.44. The number of benzene rings is 2. The lowest BCUT2D eigenvalue weighted by Crippen LogP contribution is -2.29. The molecule has 0 aliphatic carbocycles. The smallest absolute Gasteiger partial charge is 0.301 e. The van der Waals surface area contributed by atoms with Gasteiger partial charge < -0.3 is 9.84 Å². The summed E-state index contributed by atoms with van der Waals surface area (Å²) in [6.07, 6.45) is 2.47. The lowest BCUT2D eigenvalue weighted by atomic mass is 9.98. The number of nitrogens with zero attached hydrogens (tertiary/aromatic N) is 3. The molecule has 37 heavy (non-hydrogen) atoms. The zero-order chi connectivity index (χ0) is 26.1. The van der Waals surface area contributed by atoms with Crippen LogP contribution in [0.2, 0.25) is 0 Å². The summed E-state index contributed by atoms with van der Waals surface area (Å²) >= 11 is 1.34. The molecule has 7 nitrogen and oxygen atoms in total. The van der Waals surface area contributed by atoms with Crippen molar-refractivity contribution in [3.05, 3.63) is 89.3 Å². The van der Waals surface area contributed by atoms with Gasteiger partial charge in [-0.05, 0) is 66.4 Å². The first-order valence-corrected chi connectivity index (χ1v) is 13.1. The molecule has 0 saturated carbocycles. The summed E-state index contributed by atoms with van der Waals surface area (Å²) in [6, 6.07) is 17.2. The second kappa shape index (κ2) is 10.1. The van der Waals surface area contributed by atoms with Crippen LogP contribution in [0, 0.1) is 0 Å². The predicted molar refractivity (Wildman–Crippen MR) is 145 cm³/mol. The molecule has 1 saturated heterocycles. The van der Waals surface area contributed by atoms with Crippen molar-refractivity contribution < 1.29 is 19.4 Å². The maximum Gasteiger partial charge on any atom is 0.301 e. The van der Waals surface area contributed by atoms with Crippen molar-refractivity contribution in [2.75, 3.05) is 11.5 Å². The van der Waals surface area contributed by atoms with E-state index in [4.69, 9.17) is 4.74 Å². The highest BCUT2D eigenvalue weighted by Gasteiger charge is 2.48. The Hall–Kier alpha value is -4.04. The Morgan fingerprint density at radius 1 is 1.11 bits per heavy atom. The normalized spacial score (nSPS) is 17.2. The van der Waals surface area contributed by atoms with Gasteiger partial charge in [-0.1, -0.05) is 44.2 Å². The molecule has 1 atom stereocenters. The number of aliphatic hydroxyl groups is 1. The fourth-order valence-corrected chi connectivity index (χ4v) is 5.36. The second-order valence-corrected chi connectivity index (χ2v) is 10.2. The summed E-state index contributed by atoms with van der Waals surface area (Å²) < 4.78 is 6.55. The van der Waals surface area contributed by atoms with Gasteiger partial charge in [0.1, 0.15) is 17.6 Å². The third-order valence-corrected chi connectivity index (χ3v) is 7.30. The van der Waals surface area contributed by atoms with Crippen LogP contribution in [0.4, 0.5) is 5.13 Å². The Morgan fingerprint density at radius 2 is 1.89 bits per heavy atom. The lowest BCUT2D eigenvalue weighted by molar-refractivity contribution is -0.132. The van der Waals surface area contributed by atoms with Crippen molar-refractivity contribution in [1.82, 2.24) is 9.97 Å². The van der Waals surface area contributed by atoms with Crippen LogP contribution in [0.5, 0.6) is 5.75 Å². The molecule has 0 bridgehead atoms. The van der Waals surface area contributed by atoms with Crippen LogP contribution in [0.15, 0.2) is 72.4 Å². The molecule has 2 aromatic heterocycles. The number of hydrogen-bond donors (Lipinski definition) is 1. The summed E-state index contributed by atoms with van der Waals surface area (Å²) in [7, 11) is 0. The van der Waals surface area contributed by atoms with E-state index >= 15 is 0 Å². The minimum Gasteiger partial charge on any atom is -0.507 e. The highest BCUT2D eigenvalue weighted by molar-refractivity contribution is 7.22. The summed E-state index contributed by atoms with van der Waals surface area (Å²) in [5, 5.41) is 11.7. The van der Waals surface area contributed by atoms with Gasteiger partial charge in [-0.15, -0.1) is 0 Å². The first kappa shape index (κ1) is 24.6. The number of pyridine rings is 1. The van der Waals surface area contributed by atoms with Crippen LogP contribution < -0.4 is 9.64 Å². The Kier molecular flexibility index (Phi) is 6.76. The van der Waals surface area contributed by atoms with E-state index in [0.717, 1.165) is 22.2 Å². The number of anilines is 1. The SMILES string of the molecule is CCCOc1ccc(/C(O)=C2\C(=O)C(=O)N(c3nc4ccc(C(C)C)cc4s3)C2c2ccccn2)cc1. The molecule has 0 radical (unpaired) electrons. The van der Waals surface area contributed by atoms with Crippen molar-refractivity contribution in [3.63, 3.8) is 0 Å². The van der Waals surface area contributed by atoms with E-state index in [-0.39, 0.29) is 11.3 Å². The van der Waals surface area contributed by atoms with Gasteiger partial charge in [0.05, 0.1) is 28.1 Å². The Bertz CT molecular complexity index is 1490. The quantitative estimate of drug-likeness (QED) is 0.179. The number of amides is 1. The van der Waals surface area contributed by atoms with E-state index in [0.29, 0.717) is 34.7 Å². The molecule has 3 heterocycles. The highest BCUT2D eigenvalue weighted by atomic mass is 32.1. The van der Waals surface area contributed by atoms with Crippen molar-refractivity contribution in [2.45, 2.75) is 39.2 Å². The average Bonchev–Trinajstić information content (AvgIpc) is 3.45. The zero-order valence-electron chi connectivity index (χ0n) is 20.8. The summed E-state index contributed by atoms with van der Waals surface area (Å²) in [5.41, 5.74) is 2.76. The van der Waals surface area contributed by atoms with E-state index in [9.17, 15) is 14.7 Å². The largest absolute Gasteiger partial charge is 0.507 e. The number of rotatable bonds is 7. The standard InChI is InChI=1S/C29H27N3O4S/c1-4-15-36-20-11-8-18(9-12-20)26(33)24-25(22-7-5-6-14-30-22)32(28(35)27(24)34)29-31-21-13-10-19(17(2)3)16-23(21)37-29/h5-14,16-17,25,33H,4,15H2,1-3H3/b26-24+. The van der Waals surface area contributed by atoms with Crippen molar-refractivity contribution in [2.24, 2.45) is 0 Å². The molecule has 5 rings (SSSR count). The molecule has 1 fully saturated rings. The first-order chi connectivity index (χ1) is 17.9. The molecule has 188 valence electrons. The molecule has 8 heteroatoms. The van der Waals surface area contributed by atoms with Gasteiger partial charge in [-0.3, -0.25) is 19.5 Å². The number of Topliss-reactive ketones (excluding diaryl/α,β-unsaturated/α-hetero) is 1. The molecular formula is C29H27N3O4S. The van der Waals surface area contributed by atoms with Crippen molar-refractivity contribution in [3.8, 4) is 5.75 Å². The summed E-state index contributed by atoms with van der Waals surface area (Å²) in [4.78, 5) is 37.3. The first-order valence-electron chi connectivity index (χ1n) is 12.2. The Balaban J connectivity index is 1.62. The second-order valence-electron chi connectivity index (χ2n) is 9.17. The van der Waals surface area contributed by atoms with Crippen molar-refractivity contribution >= 4 is 44.1 Å². The van der Waals surface area contributed by atoms with Gasteiger partial charge in [0, 0.05) is 11.8 Å². The topological polar surface area (TPSA) is 92.6 Å². The zero-order valence-corrected chi connectivity index (χ0v) is 21.7. The fraction of sp³-hybridized carbons (Fsp3) is 0.241. The average molecular weight is 514 g/mol. The predicted octanol–water partition coefficient (Wildman–Crippen LogP) is 6.23. The van der Waals surface area contributed by atoms with Gasteiger partial charge in [-0.25, -0.2) is 4.98 Å². The molecule has 0 spiro atoms. The number of ether oxygens (including phenoxy) is 1. The van der Waals surface area contributed by atoms with Gasteiger partial charge >= 0.3 is 5.91 Å². The minimum atomic E-state index is -0.914. The van der Waals surface area contributed by atoms with Gasteiger partial charge in [0.15, 0.2) is 5.13 Å². The van der Waals surface area contributed by atoms with Crippen LogP contribution in [-0.2, 0) is 9.59 Å². The number of thiazole rings is 1. The molecule has 1 unspecified atom stereocenters. The Labute approximate surface area is 219 Å². The number of ketones is 1. The monoisotopic (exact) mass is 513 g/mol. The van der Waals surface area contributed by atoms with Crippen molar-refractivity contribution in [1.29, 1.82) is 0 Å². The van der Waals surface area contributed by atoms with Crippen LogP contribution in [-0.4, -0.2) is 33.4 Å². The van der Waals surface area contributed by atoms with Gasteiger partial charge in [-0.2, -0.15) is 0 Å². The Morgan fingerprint density at radius 3 is 2.57 bits per heavy atom. The van der Waals surface area contributed by atoms with Crippen LogP contribution >= 0.6 is 11.3 Å². The molecular weight excluding hydrogens is 486 g/mol. The summed E-state index contributed by atoms with van der Waals surface area (Å²) in [5.74, 6) is -0.779. The number of hydrogen-bond acceptors (Lipinski definition) is 7. The number of aromatic nitrogens is 2. The number of carbonyl (C=O) groups excluding carboxylic acids is 2. The number of carbonyl (C=O) groups is 2. The lowest BCUT2D eigenvalue weighted by Gasteiger charge is -2.21. The number of fused-ring (bicyclic) bond motifs is 1. The molecule has 4 aromatic rings. The van der Waals surface area contributed by atoms with E-state index in [1.165, 1.54) is 16.2 Å². The van der Waals surface area contributed by atoms with Crippen LogP contribution in [0.25, 0.3) is 16.0 Å². The molecule has 2 aromatic carbocycles. The maximum atomic E-state index is 13.4. The van der Waals surface area contributed by atoms with Crippen LogP contribution in [0.1, 0.15) is 56.0 Å². The van der Waals surface area contributed by atoms with Gasteiger partial charge in [0.25, 0.3) is 5.78 Å². The van der Waals surface area contributed by atoms with E-state index in [1.807, 2.05) is 19.1 Å². The van der Waals surface area contributed by atoms with E-state index in [2.05, 4.69) is 29.9 Å². The third-order valence-electron chi connectivity index (χ3n) is 6.29. The molecule has 1 amide bonds. The van der Waals surface area contributed by atoms with E-state index < -0.39 is 17.7 Å². The number of aliphatic hydroxyl groups excluding tert-OH is 1. The summed E-state index contributed by atoms with van der Waals surface area (Å²) in [6.45, 7) is 6.83. The van der Waals surface area contributed by atoms with Gasteiger partial charge in [0.2, 0.25) is 0 Å². The molecule has 1 aliphatic heterocycles. The van der Waals surface area contributed by atoms with Crippen LogP contribution in [0.3, 0.4) is 0 Å². The molecule has 1 N–H and O–H groups in total. The fourth-order valence-electron chi connectivity index (χ4n) is 4.32.